The number of rotatable bonds is 5. The van der Waals surface area contributed by atoms with Crippen molar-refractivity contribution in [3.8, 4) is 44.8 Å². The molecule has 0 N–H and O–H groups in total. The molecule has 0 unspecified atom stereocenters. The van der Waals surface area contributed by atoms with E-state index < -0.39 is 201 Å². The minimum Gasteiger partial charge on any atom is -0.309 e. The van der Waals surface area contributed by atoms with Crippen molar-refractivity contribution >= 4 is 75.1 Å². The molecule has 57 heavy (non-hydrogen) atoms. The average molecular weight is 768 g/mol. The number of hydrogen-bond acceptors (Lipinski definition) is 1. The van der Waals surface area contributed by atoms with E-state index in [-0.39, 0.29) is 47.7 Å². The molecule has 0 fully saturated rings. The van der Waals surface area contributed by atoms with E-state index in [4.69, 9.17) is 17.8 Å². The van der Waals surface area contributed by atoms with Crippen LogP contribution in [0.5, 0.6) is 0 Å². The van der Waals surface area contributed by atoms with Crippen molar-refractivity contribution in [2.45, 2.75) is 0 Å². The molecule has 12 rings (SSSR count). The van der Waals surface area contributed by atoms with Crippen molar-refractivity contribution in [3.63, 3.8) is 0 Å². The quantitative estimate of drug-likeness (QED) is 0.165. The summed E-state index contributed by atoms with van der Waals surface area (Å²) in [5, 5.41) is -2.21. The van der Waals surface area contributed by atoms with Crippen molar-refractivity contribution in [2.24, 2.45) is 0 Å². The average Bonchev–Trinajstić information content (AvgIpc) is 1.86. The molecule has 0 saturated heterocycles. The van der Waals surface area contributed by atoms with Crippen LogP contribution in [0.4, 0.5) is 0 Å². The predicted octanol–water partition coefficient (Wildman–Crippen LogP) is 15.2. The van der Waals surface area contributed by atoms with Crippen molar-refractivity contribution in [3.05, 3.63) is 206 Å². The Hall–Kier alpha value is -7.20. The Bertz CT molecular complexity index is 4940. The lowest BCUT2D eigenvalue weighted by Crippen LogP contribution is -1.94. The Morgan fingerprint density at radius 1 is 0.351 bits per heavy atom. The first kappa shape index (κ1) is 16.1. The topological polar surface area (TPSA) is 9.86 Å². The van der Waals surface area contributed by atoms with Crippen LogP contribution in [0, 0.1) is 0 Å². The highest BCUT2D eigenvalue weighted by atomic mass is 32.1. The zero-order valence-corrected chi connectivity index (χ0v) is 29.8. The molecule has 9 aromatic carbocycles. The molecule has 2 nitrogen and oxygen atoms in total. The van der Waals surface area contributed by atoms with Crippen molar-refractivity contribution in [1.82, 2.24) is 9.13 Å². The van der Waals surface area contributed by atoms with Crippen LogP contribution in [0.3, 0.4) is 0 Å². The molecule has 0 aliphatic heterocycles. The first-order chi connectivity index (χ1) is 38.7. The summed E-state index contributed by atoms with van der Waals surface area (Å²) in [5.74, 6) is 0. The van der Waals surface area contributed by atoms with E-state index >= 15 is 0 Å². The van der Waals surface area contributed by atoms with Crippen LogP contribution in [0.25, 0.3) is 109 Å². The van der Waals surface area contributed by atoms with Crippen LogP contribution in [0.15, 0.2) is 206 Å². The third-order valence-corrected chi connectivity index (χ3v) is 10.9. The fourth-order valence-electron chi connectivity index (χ4n) is 7.27. The second-order valence-corrected chi connectivity index (χ2v) is 14.0. The van der Waals surface area contributed by atoms with E-state index in [0.717, 1.165) is 15.7 Å². The molecule has 0 spiro atoms. The Morgan fingerprint density at radius 3 is 1.61 bits per heavy atom. The summed E-state index contributed by atoms with van der Waals surface area (Å²) in [6.07, 6.45) is 0. The van der Waals surface area contributed by atoms with Gasteiger partial charge in [-0.25, -0.2) is 0 Å². The minimum absolute atomic E-state index is 0.164. The highest BCUT2D eigenvalue weighted by Gasteiger charge is 2.18. The van der Waals surface area contributed by atoms with Crippen molar-refractivity contribution in [2.75, 3.05) is 0 Å². The summed E-state index contributed by atoms with van der Waals surface area (Å²) < 4.78 is 231. The third-order valence-electron chi connectivity index (χ3n) is 9.82. The van der Waals surface area contributed by atoms with Crippen LogP contribution >= 0.6 is 11.3 Å². The molecule has 0 atom stereocenters. The smallest absolute Gasteiger partial charge is 0.0652 e. The molecule has 266 valence electrons. The monoisotopic (exact) mass is 767 g/mol. The van der Waals surface area contributed by atoms with Crippen LogP contribution in [-0.2, 0) is 0 Å². The van der Waals surface area contributed by atoms with Gasteiger partial charge in [-0.05, 0) is 99.9 Å². The molecule has 3 aromatic heterocycles. The van der Waals surface area contributed by atoms with Gasteiger partial charge in [0.05, 0.1) is 56.3 Å². The maximum Gasteiger partial charge on any atom is 0.0652 e. The molecule has 0 saturated carbocycles. The van der Waals surface area contributed by atoms with Crippen LogP contribution in [0.1, 0.15) is 34.3 Å². The second-order valence-electron chi connectivity index (χ2n) is 13.0. The van der Waals surface area contributed by atoms with Gasteiger partial charge in [-0.1, -0.05) is 139 Å². The fraction of sp³-hybridized carbons (Fsp3) is 0. The van der Waals surface area contributed by atoms with Gasteiger partial charge >= 0.3 is 0 Å². The summed E-state index contributed by atoms with van der Waals surface area (Å²) in [7, 11) is 0. The van der Waals surface area contributed by atoms with E-state index in [1.807, 2.05) is 30.3 Å². The van der Waals surface area contributed by atoms with E-state index in [9.17, 15) is 16.4 Å². The van der Waals surface area contributed by atoms with E-state index in [1.54, 1.807) is 24.3 Å². The molecule has 0 amide bonds. The van der Waals surface area contributed by atoms with Gasteiger partial charge in [0.25, 0.3) is 0 Å². The highest BCUT2D eigenvalue weighted by molar-refractivity contribution is 7.26. The normalized spacial score (nSPS) is 18.0. The molecule has 12 aromatic rings. The molecule has 0 radical (unpaired) electrons. The SMILES string of the molecule is [2H]c1c([2H])c([2H])c(-c2c([2H])c([2H])c([2H])c3c2sc2c([2H])c([2H])c(-n4c5c([2H])c([2H])c([2H])c([2H])c5c5c([2H])c(-c6c([2H])c([2H])c7c(c6[2H])c6c([2H])c([2H])c([2H])c([2H])c6n7-c6ccc(-c7ccccc7)cc6)c([2H])c([2H])c54)c([2H])c23)c([2H])c1[2H]. The summed E-state index contributed by atoms with van der Waals surface area (Å²) in [5.41, 5.74) is -2.50. The molecule has 0 bridgehead atoms. The van der Waals surface area contributed by atoms with Crippen LogP contribution in [0.2, 0.25) is 0 Å². The standard InChI is InChI=1S/C54H34N2S/c1-3-12-35(13-4-1)36-22-26-40(27-23-36)55-49-20-9-7-16-43(49)46-32-38(24-29-51(46)55)39-25-30-52-47(33-39)44-17-8-10-21-50(44)56(52)41-28-31-53-48(34-41)45-19-11-18-42(54(45)57-53)37-14-5-2-6-15-37/h1-34H/i2D,5D,6D,7D,8D,9D,10D,11D,14D,15D,16D,17D,18D,19D,20D,21D,24D,25D,28D,29D,30D,31D,32D,33D,34D. The van der Waals surface area contributed by atoms with Gasteiger partial charge < -0.3 is 9.13 Å². The molecule has 3 heteroatoms. The Morgan fingerprint density at radius 2 is 0.930 bits per heavy atom. The van der Waals surface area contributed by atoms with Gasteiger partial charge in [0.2, 0.25) is 0 Å². The number of nitrogens with zero attached hydrogens (tertiary/aromatic N) is 2. The van der Waals surface area contributed by atoms with Gasteiger partial charge in [0.15, 0.2) is 0 Å². The molecule has 3 heterocycles. The van der Waals surface area contributed by atoms with Crippen molar-refractivity contribution in [1.29, 1.82) is 0 Å². The summed E-state index contributed by atoms with van der Waals surface area (Å²) in [4.78, 5) is 0. The molecule has 0 aliphatic rings. The fourth-order valence-corrected chi connectivity index (χ4v) is 8.34. The predicted molar refractivity (Wildman–Crippen MR) is 244 cm³/mol. The van der Waals surface area contributed by atoms with Gasteiger partial charge in [-0.2, -0.15) is 0 Å². The number of fused-ring (bicyclic) bond motifs is 9. The molecule has 0 aliphatic carbocycles. The highest BCUT2D eigenvalue weighted by Crippen LogP contribution is 2.43. The summed E-state index contributed by atoms with van der Waals surface area (Å²) >= 11 is 0.638. The Labute approximate surface area is 368 Å². The van der Waals surface area contributed by atoms with E-state index in [1.165, 1.54) is 4.57 Å². The molecular formula is C54H34N2S. The van der Waals surface area contributed by atoms with Gasteiger partial charge in [0.1, 0.15) is 0 Å². The van der Waals surface area contributed by atoms with E-state index in [2.05, 4.69) is 0 Å². The lowest BCUT2D eigenvalue weighted by molar-refractivity contribution is 1.18. The maximum atomic E-state index is 10.0. The number of aromatic nitrogens is 2. The first-order valence-electron chi connectivity index (χ1n) is 30.0. The summed E-state index contributed by atoms with van der Waals surface area (Å²) in [6, 6.07) is -2.91. The van der Waals surface area contributed by atoms with Gasteiger partial charge in [0, 0.05) is 53.1 Å². The number of hydrogen-bond donors (Lipinski definition) is 0. The zero-order chi connectivity index (χ0) is 59.2. The minimum atomic E-state index is -0.926. The van der Waals surface area contributed by atoms with Gasteiger partial charge in [-0.3, -0.25) is 0 Å². The number of thiophene rings is 1. The number of para-hydroxylation sites is 2. The zero-order valence-electron chi connectivity index (χ0n) is 54.0. The van der Waals surface area contributed by atoms with Crippen LogP contribution < -0.4 is 0 Å². The maximum absolute atomic E-state index is 10.0. The lowest BCUT2D eigenvalue weighted by Gasteiger charge is -2.10. The third kappa shape index (κ3) is 5.03. The Balaban J connectivity index is 1.21. The van der Waals surface area contributed by atoms with Crippen LogP contribution in [-0.4, -0.2) is 9.13 Å². The molecular weight excluding hydrogens is 709 g/mol. The largest absolute Gasteiger partial charge is 0.309 e. The van der Waals surface area contributed by atoms with E-state index in [0.29, 0.717) is 11.3 Å². The summed E-state index contributed by atoms with van der Waals surface area (Å²) in [6.45, 7) is 0. The first-order valence-corrected chi connectivity index (χ1v) is 18.3. The second kappa shape index (κ2) is 12.7. The number of benzene rings is 9. The van der Waals surface area contributed by atoms with Gasteiger partial charge in [-0.15, -0.1) is 11.3 Å². The lowest BCUT2D eigenvalue weighted by atomic mass is 10.0. The Kier molecular flexibility index (Phi) is 3.58. The van der Waals surface area contributed by atoms with Crippen molar-refractivity contribution < 1.29 is 34.3 Å².